The van der Waals surface area contributed by atoms with E-state index in [1.54, 1.807) is 19.1 Å². The number of carbonyl (C=O) groups excluding carboxylic acids is 1. The number of carbonyl (C=O) groups is 1. The minimum absolute atomic E-state index is 0.0200. The standard InChI is InChI=1S/C51H61FN10O8S/c1-32(2)37-8-6-7-9-38(37)43-30-59(31-53-4)20-21-61(43)35-25-51(26-35)16-18-60(19-17-51)34-10-11-39(44(22-34)70-45-24-40-41(52)29-56-46(40)57-49(45)69-5)48(63)58-71(67,68)36-23-42(62(65)66)47(55-28-36)54-27-33-12-14-50(3,64)15-13-33/h6-11,22-24,28-29,32-33,35,43,64H,12-21,25-27,30-31H2,1-3,5H3,(H,54,55)(H,56,57)(H,58,63)/t33?,43-,50?/m0/s1. The molecule has 2 aliphatic heterocycles. The fourth-order valence-corrected chi connectivity index (χ4v) is 12.0. The number of methoxy groups -OCH3 is 1. The van der Waals surface area contributed by atoms with Crippen LogP contribution >= 0.6 is 0 Å². The number of piperidine rings is 1. The van der Waals surface area contributed by atoms with Gasteiger partial charge in [-0.2, -0.15) is 4.98 Å². The van der Waals surface area contributed by atoms with Crippen molar-refractivity contribution in [2.75, 3.05) is 63.3 Å². The fraction of sp³-hybridized carbons (Fsp3) is 0.490. The number of amides is 1. The van der Waals surface area contributed by atoms with E-state index in [4.69, 9.17) is 16.0 Å². The lowest BCUT2D eigenvalue weighted by molar-refractivity contribution is -0.384. The van der Waals surface area contributed by atoms with Crippen LogP contribution in [0.4, 0.5) is 21.6 Å². The predicted molar refractivity (Wildman–Crippen MR) is 266 cm³/mol. The molecule has 2 saturated carbocycles. The van der Waals surface area contributed by atoms with Crippen LogP contribution in [-0.4, -0.2) is 114 Å². The Balaban J connectivity index is 0.930. The van der Waals surface area contributed by atoms with Crippen molar-refractivity contribution in [3.63, 3.8) is 0 Å². The summed E-state index contributed by atoms with van der Waals surface area (Å²) < 4.78 is 56.4. The van der Waals surface area contributed by atoms with Crippen LogP contribution in [0.1, 0.15) is 106 Å². The Morgan fingerprint density at radius 1 is 1.07 bits per heavy atom. The number of H-pyrrole nitrogens is 1. The third-order valence-corrected chi connectivity index (χ3v) is 16.5. The monoisotopic (exact) mass is 992 g/mol. The van der Waals surface area contributed by atoms with Crippen LogP contribution < -0.4 is 24.4 Å². The number of hydrogen-bond acceptors (Lipinski definition) is 14. The van der Waals surface area contributed by atoms with E-state index in [1.165, 1.54) is 30.4 Å². The van der Waals surface area contributed by atoms with E-state index >= 15 is 0 Å². The lowest BCUT2D eigenvalue weighted by atomic mass is 9.59. The topological polar surface area (TPSA) is 213 Å². The molecule has 0 bridgehead atoms. The molecular weight excluding hydrogens is 932 g/mol. The van der Waals surface area contributed by atoms with Crippen molar-refractivity contribution in [1.82, 2.24) is 29.5 Å². The number of rotatable bonds is 15. The summed E-state index contributed by atoms with van der Waals surface area (Å²) in [6, 6.07) is 16.4. The van der Waals surface area contributed by atoms with Crippen LogP contribution in [0.15, 0.2) is 71.9 Å². The molecule has 3 aromatic heterocycles. The number of nitro groups is 1. The highest BCUT2D eigenvalue weighted by Crippen LogP contribution is 2.53. The van der Waals surface area contributed by atoms with Gasteiger partial charge in [-0.25, -0.2) is 34.0 Å². The lowest BCUT2D eigenvalue weighted by Gasteiger charge is -2.58. The minimum Gasteiger partial charge on any atom is -0.478 e. The fourth-order valence-electron chi connectivity index (χ4n) is 11.1. The molecule has 1 spiro atoms. The van der Waals surface area contributed by atoms with E-state index in [9.17, 15) is 32.8 Å². The first-order chi connectivity index (χ1) is 33.9. The van der Waals surface area contributed by atoms with E-state index in [2.05, 4.69) is 77.9 Å². The first-order valence-electron chi connectivity index (χ1n) is 24.3. The Morgan fingerprint density at radius 2 is 1.82 bits per heavy atom. The molecule has 1 atom stereocenters. The molecule has 9 rings (SSSR count). The van der Waals surface area contributed by atoms with E-state index in [-0.39, 0.29) is 57.2 Å². The number of nitrogens with zero attached hydrogens (tertiary/aromatic N) is 7. The van der Waals surface area contributed by atoms with Crippen molar-refractivity contribution in [3.8, 4) is 17.4 Å². The summed E-state index contributed by atoms with van der Waals surface area (Å²) >= 11 is 0. The van der Waals surface area contributed by atoms with Gasteiger partial charge in [0.25, 0.3) is 28.5 Å². The molecule has 0 radical (unpaired) electrons. The van der Waals surface area contributed by atoms with Gasteiger partial charge in [-0.05, 0) is 98.8 Å². The Kier molecular flexibility index (Phi) is 14.0. The van der Waals surface area contributed by atoms with Crippen LogP contribution in [0, 0.1) is 33.8 Å². The van der Waals surface area contributed by atoms with Gasteiger partial charge in [0.05, 0.1) is 34.8 Å². The van der Waals surface area contributed by atoms with Crippen molar-refractivity contribution in [1.29, 1.82) is 0 Å². The third kappa shape index (κ3) is 10.5. The molecule has 376 valence electrons. The maximum Gasteiger partial charge on any atom is 0.312 e. The highest BCUT2D eigenvalue weighted by Gasteiger charge is 2.50. The molecular formula is C51H61FN10O8S. The van der Waals surface area contributed by atoms with Gasteiger partial charge in [-0.1, -0.05) is 38.1 Å². The molecule has 1 amide bonds. The molecule has 2 saturated heterocycles. The first kappa shape index (κ1) is 49.6. The van der Waals surface area contributed by atoms with Crippen LogP contribution in [0.2, 0.25) is 0 Å². The van der Waals surface area contributed by atoms with Gasteiger partial charge in [-0.3, -0.25) is 24.7 Å². The number of benzene rings is 2. The van der Waals surface area contributed by atoms with Crippen LogP contribution in [-0.2, 0) is 10.0 Å². The Bertz CT molecular complexity index is 2950. The molecule has 0 unspecified atom stereocenters. The molecule has 71 heavy (non-hydrogen) atoms. The van der Waals surface area contributed by atoms with Gasteiger partial charge in [0.2, 0.25) is 5.82 Å². The Labute approximate surface area is 413 Å². The minimum atomic E-state index is -4.74. The number of anilines is 2. The quantitative estimate of drug-likeness (QED) is 0.0441. The molecule has 2 aromatic carbocycles. The zero-order valence-corrected chi connectivity index (χ0v) is 41.3. The summed E-state index contributed by atoms with van der Waals surface area (Å²) in [7, 11) is -3.38. The predicted octanol–water partition coefficient (Wildman–Crippen LogP) is 8.39. The summed E-state index contributed by atoms with van der Waals surface area (Å²) in [6.07, 6.45) is 8.70. The van der Waals surface area contributed by atoms with E-state index in [0.29, 0.717) is 56.5 Å². The molecule has 4 fully saturated rings. The largest absolute Gasteiger partial charge is 0.478 e. The zero-order valence-electron chi connectivity index (χ0n) is 40.5. The van der Waals surface area contributed by atoms with Gasteiger partial charge >= 0.3 is 5.69 Å². The van der Waals surface area contributed by atoms with Crippen molar-refractivity contribution in [2.45, 2.75) is 101 Å². The second-order valence-electron chi connectivity index (χ2n) is 20.3. The molecule has 20 heteroatoms. The van der Waals surface area contributed by atoms with Crippen molar-refractivity contribution >= 4 is 44.2 Å². The van der Waals surface area contributed by atoms with E-state index in [1.807, 2.05) is 4.72 Å². The number of aromatic nitrogens is 3. The number of fused-ring (bicyclic) bond motifs is 1. The number of piperazine rings is 1. The van der Waals surface area contributed by atoms with Gasteiger partial charge in [0.15, 0.2) is 5.75 Å². The van der Waals surface area contributed by atoms with Gasteiger partial charge in [-0.15, -0.1) is 0 Å². The molecule has 5 aromatic rings. The average molecular weight is 993 g/mol. The summed E-state index contributed by atoms with van der Waals surface area (Å²) in [4.78, 5) is 47.0. The summed E-state index contributed by atoms with van der Waals surface area (Å²) in [5, 5.41) is 25.6. The van der Waals surface area contributed by atoms with Crippen molar-refractivity contribution < 1.29 is 37.1 Å². The number of hydrogen-bond donors (Lipinski definition) is 4. The second-order valence-corrected chi connectivity index (χ2v) is 22.0. The summed E-state index contributed by atoms with van der Waals surface area (Å²) in [5.74, 6) is -1.41. The Morgan fingerprint density at radius 3 is 2.52 bits per heavy atom. The number of aliphatic hydroxyl groups is 1. The number of sulfonamides is 1. The number of nitrogens with one attached hydrogen (secondary N) is 3. The van der Waals surface area contributed by atoms with Gasteiger partial charge in [0.1, 0.15) is 22.1 Å². The first-order valence-corrected chi connectivity index (χ1v) is 25.8. The molecule has 5 heterocycles. The van der Waals surface area contributed by atoms with Crippen molar-refractivity contribution in [2.24, 2.45) is 11.3 Å². The highest BCUT2D eigenvalue weighted by atomic mass is 32.2. The lowest BCUT2D eigenvalue weighted by Crippen LogP contribution is -2.60. The molecule has 4 N–H and O–H groups in total. The zero-order chi connectivity index (χ0) is 50.2. The van der Waals surface area contributed by atoms with E-state index in [0.717, 1.165) is 76.9 Å². The Hall–Kier alpha value is -6.40. The summed E-state index contributed by atoms with van der Waals surface area (Å²) in [6.45, 7) is 18.5. The maximum atomic E-state index is 14.9. The number of ether oxygens (including phenoxy) is 2. The normalized spacial score (nSPS) is 22.0. The molecule has 4 aliphatic rings. The van der Waals surface area contributed by atoms with Crippen LogP contribution in [0.25, 0.3) is 15.9 Å². The third-order valence-electron chi connectivity index (χ3n) is 15.2. The average Bonchev–Trinajstić information content (AvgIpc) is 3.70. The highest BCUT2D eigenvalue weighted by molar-refractivity contribution is 7.90. The van der Waals surface area contributed by atoms with Crippen LogP contribution in [0.3, 0.4) is 0 Å². The smallest absolute Gasteiger partial charge is 0.312 e. The molecule has 18 nitrogen and oxygen atoms in total. The summed E-state index contributed by atoms with van der Waals surface area (Å²) in [5.41, 5.74) is 2.25. The van der Waals surface area contributed by atoms with E-state index < -0.39 is 42.9 Å². The van der Waals surface area contributed by atoms with Gasteiger partial charge in [0, 0.05) is 81.4 Å². The number of pyridine rings is 2. The SMILES string of the molecule is [C-]#[N+]CN1CCN(C2CC3(CCN(c4ccc(C(=O)NS(=O)(=O)c5cnc(NCC6CCC(C)(O)CC6)c([N+](=O)[O-])c5)c(Oc5cc6c(F)c[nH]c6nc5OC)c4)CC3)C2)[C@H](c2ccccc2C(C)C)C1. The maximum absolute atomic E-state index is 14.9. The second kappa shape index (κ2) is 20.0. The molecule has 2 aliphatic carbocycles. The number of halogens is 1. The van der Waals surface area contributed by atoms with Crippen molar-refractivity contribution in [3.05, 3.63) is 111 Å². The van der Waals surface area contributed by atoms with Crippen LogP contribution in [0.5, 0.6) is 17.4 Å². The van der Waals surface area contributed by atoms with Gasteiger partial charge < -0.3 is 29.8 Å². The number of aromatic amines is 1.